The molecule has 0 unspecified atom stereocenters. The molecule has 0 amide bonds. The van der Waals surface area contributed by atoms with E-state index in [1.807, 2.05) is 0 Å². The molecule has 2 rings (SSSR count). The van der Waals surface area contributed by atoms with Gasteiger partial charge in [0.05, 0.1) is 6.20 Å². The molecule has 2 aromatic heterocycles. The molecular formula is C6H4FN3O2S. The van der Waals surface area contributed by atoms with Crippen molar-refractivity contribution in [1.82, 2.24) is 14.4 Å². The highest BCUT2D eigenvalue weighted by atomic mass is 32.3. The first kappa shape index (κ1) is 8.11. The second-order valence-electron chi connectivity index (χ2n) is 2.32. The Hall–Kier alpha value is -1.50. The molecule has 0 radical (unpaired) electrons. The quantitative estimate of drug-likeness (QED) is 0.626. The number of hydrogen-bond donors (Lipinski definition) is 0. The molecular weight excluding hydrogens is 197 g/mol. The van der Waals surface area contributed by atoms with Crippen LogP contribution in [0.3, 0.4) is 0 Å². The van der Waals surface area contributed by atoms with Crippen LogP contribution in [0.1, 0.15) is 0 Å². The van der Waals surface area contributed by atoms with Crippen molar-refractivity contribution >= 4 is 16.0 Å². The van der Waals surface area contributed by atoms with Gasteiger partial charge in [0, 0.05) is 12.4 Å². The Balaban J connectivity index is 2.87. The fourth-order valence-electron chi connectivity index (χ4n) is 0.986. The maximum atomic E-state index is 12.6. The number of halogens is 1. The fourth-order valence-corrected chi connectivity index (χ4v) is 1.54. The molecule has 2 heterocycles. The van der Waals surface area contributed by atoms with Gasteiger partial charge < -0.3 is 0 Å². The van der Waals surface area contributed by atoms with Gasteiger partial charge in [-0.25, -0.2) is 9.97 Å². The maximum absolute atomic E-state index is 12.6. The van der Waals surface area contributed by atoms with E-state index in [4.69, 9.17) is 0 Å². The summed E-state index contributed by atoms with van der Waals surface area (Å²) in [6.45, 7) is 0. The molecule has 0 bridgehead atoms. The average Bonchev–Trinajstić information content (AvgIpc) is 2.45. The minimum Gasteiger partial charge on any atom is -0.272 e. The van der Waals surface area contributed by atoms with Gasteiger partial charge in [0.1, 0.15) is 0 Å². The topological polar surface area (TPSA) is 64.3 Å². The molecule has 0 aliphatic heterocycles. The molecule has 0 aromatic carbocycles. The minimum absolute atomic E-state index is 0.152. The highest BCUT2D eigenvalue weighted by Gasteiger charge is 2.17. The van der Waals surface area contributed by atoms with Gasteiger partial charge in [-0.1, -0.05) is 3.89 Å². The zero-order chi connectivity index (χ0) is 9.47. The van der Waals surface area contributed by atoms with Gasteiger partial charge in [-0.05, 0) is 6.07 Å². The van der Waals surface area contributed by atoms with Crippen molar-refractivity contribution in [2.75, 3.05) is 0 Å². The molecule has 0 fully saturated rings. The van der Waals surface area contributed by atoms with E-state index >= 15 is 0 Å². The summed E-state index contributed by atoms with van der Waals surface area (Å²) in [7, 11) is -4.73. The zero-order valence-corrected chi connectivity index (χ0v) is 7.07. The summed E-state index contributed by atoms with van der Waals surface area (Å²) in [5.41, 5.74) is 0. The molecule has 5 nitrogen and oxygen atoms in total. The summed E-state index contributed by atoms with van der Waals surface area (Å²) in [6, 6.07) is 1.49. The summed E-state index contributed by atoms with van der Waals surface area (Å²) < 4.78 is 34.7. The lowest BCUT2D eigenvalue weighted by Gasteiger charge is -1.93. The Morgan fingerprint density at radius 3 is 2.85 bits per heavy atom. The van der Waals surface area contributed by atoms with Gasteiger partial charge in [0.15, 0.2) is 5.03 Å². The lowest BCUT2D eigenvalue weighted by atomic mass is 10.7. The molecule has 13 heavy (non-hydrogen) atoms. The smallest absolute Gasteiger partial charge is 0.272 e. The van der Waals surface area contributed by atoms with Crippen LogP contribution in [0.5, 0.6) is 0 Å². The van der Waals surface area contributed by atoms with Crippen molar-refractivity contribution < 1.29 is 12.3 Å². The molecule has 0 aliphatic rings. The van der Waals surface area contributed by atoms with Gasteiger partial charge in [0.2, 0.25) is 5.78 Å². The van der Waals surface area contributed by atoms with Crippen molar-refractivity contribution in [3.63, 3.8) is 0 Å². The van der Waals surface area contributed by atoms with E-state index in [1.54, 1.807) is 0 Å². The van der Waals surface area contributed by atoms with E-state index in [1.165, 1.54) is 18.5 Å². The van der Waals surface area contributed by atoms with Gasteiger partial charge in [-0.3, -0.25) is 4.40 Å². The SMILES string of the molecule is O=S(=O)(F)c1cnc2ncccn12. The molecule has 2 aromatic rings. The highest BCUT2D eigenvalue weighted by Crippen LogP contribution is 2.12. The summed E-state index contributed by atoms with van der Waals surface area (Å²) in [5, 5.41) is -0.504. The van der Waals surface area contributed by atoms with Crippen molar-refractivity contribution in [2.24, 2.45) is 0 Å². The average molecular weight is 201 g/mol. The van der Waals surface area contributed by atoms with Crippen molar-refractivity contribution in [1.29, 1.82) is 0 Å². The second kappa shape index (κ2) is 2.49. The van der Waals surface area contributed by atoms with Gasteiger partial charge in [-0.2, -0.15) is 8.42 Å². The van der Waals surface area contributed by atoms with Crippen LogP contribution in [0, 0.1) is 0 Å². The van der Waals surface area contributed by atoms with Crippen LogP contribution < -0.4 is 0 Å². The number of rotatable bonds is 1. The fraction of sp³-hybridized carbons (Fsp3) is 0. The molecule has 0 saturated heterocycles. The Labute approximate surface area is 73.1 Å². The van der Waals surface area contributed by atoms with Crippen LogP contribution in [-0.2, 0) is 10.2 Å². The van der Waals surface area contributed by atoms with E-state index < -0.39 is 15.2 Å². The lowest BCUT2D eigenvalue weighted by molar-refractivity contribution is 0.546. The van der Waals surface area contributed by atoms with Crippen LogP contribution >= 0.6 is 0 Å². The highest BCUT2D eigenvalue weighted by molar-refractivity contribution is 7.86. The summed E-state index contributed by atoms with van der Waals surface area (Å²) in [5.74, 6) is 0.152. The van der Waals surface area contributed by atoms with Gasteiger partial charge in [0.25, 0.3) is 0 Å². The van der Waals surface area contributed by atoms with E-state index in [0.29, 0.717) is 0 Å². The van der Waals surface area contributed by atoms with Crippen molar-refractivity contribution in [3.05, 3.63) is 24.7 Å². The number of hydrogen-bond acceptors (Lipinski definition) is 4. The van der Waals surface area contributed by atoms with Crippen LogP contribution in [0.25, 0.3) is 5.78 Å². The Kier molecular flexibility index (Phi) is 1.56. The number of aromatic nitrogens is 3. The molecule has 0 saturated carbocycles. The first-order chi connectivity index (χ1) is 6.09. The third-order valence-corrected chi connectivity index (χ3v) is 2.31. The summed E-state index contributed by atoms with van der Waals surface area (Å²) in [6.07, 6.45) is 3.75. The third kappa shape index (κ3) is 1.26. The third-order valence-electron chi connectivity index (χ3n) is 1.50. The predicted octanol–water partition coefficient (Wildman–Crippen LogP) is 0.387. The molecule has 0 atom stereocenters. The molecule has 0 spiro atoms. The number of fused-ring (bicyclic) bond motifs is 1. The standard InChI is InChI=1S/C6H4FN3O2S/c7-13(11,12)5-4-9-6-8-2-1-3-10(5)6/h1-4H. The van der Waals surface area contributed by atoms with E-state index in [2.05, 4.69) is 9.97 Å². The first-order valence-electron chi connectivity index (χ1n) is 3.32. The summed E-state index contributed by atoms with van der Waals surface area (Å²) >= 11 is 0. The van der Waals surface area contributed by atoms with Crippen molar-refractivity contribution in [3.8, 4) is 0 Å². The summed E-state index contributed by atoms with van der Waals surface area (Å²) in [4.78, 5) is 7.35. The predicted molar refractivity (Wildman–Crippen MR) is 41.3 cm³/mol. The molecule has 0 N–H and O–H groups in total. The second-order valence-corrected chi connectivity index (χ2v) is 3.62. The normalized spacial score (nSPS) is 12.1. The number of imidazole rings is 1. The largest absolute Gasteiger partial charge is 0.349 e. The molecule has 68 valence electrons. The van der Waals surface area contributed by atoms with Crippen LogP contribution in [0.4, 0.5) is 3.89 Å². The Morgan fingerprint density at radius 1 is 1.38 bits per heavy atom. The lowest BCUT2D eigenvalue weighted by Crippen LogP contribution is -1.97. The van der Waals surface area contributed by atoms with E-state index in [9.17, 15) is 12.3 Å². The van der Waals surface area contributed by atoms with Crippen molar-refractivity contribution in [2.45, 2.75) is 5.03 Å². The van der Waals surface area contributed by atoms with Gasteiger partial charge in [-0.15, -0.1) is 0 Å². The molecule has 7 heteroatoms. The van der Waals surface area contributed by atoms with Gasteiger partial charge >= 0.3 is 10.2 Å². The Bertz CT molecular complexity index is 548. The minimum atomic E-state index is -4.73. The zero-order valence-electron chi connectivity index (χ0n) is 6.25. The van der Waals surface area contributed by atoms with Crippen LogP contribution in [-0.4, -0.2) is 22.8 Å². The number of nitrogens with zero attached hydrogens (tertiary/aromatic N) is 3. The van der Waals surface area contributed by atoms with E-state index in [-0.39, 0.29) is 5.78 Å². The first-order valence-corrected chi connectivity index (χ1v) is 4.70. The Morgan fingerprint density at radius 2 is 2.15 bits per heavy atom. The monoisotopic (exact) mass is 201 g/mol. The maximum Gasteiger partial charge on any atom is 0.349 e. The molecule has 0 aliphatic carbocycles. The van der Waals surface area contributed by atoms with E-state index in [0.717, 1.165) is 10.6 Å². The van der Waals surface area contributed by atoms with Crippen LogP contribution in [0.2, 0.25) is 0 Å². The van der Waals surface area contributed by atoms with Crippen LogP contribution in [0.15, 0.2) is 29.7 Å².